The lowest BCUT2D eigenvalue weighted by molar-refractivity contribution is 0.0347. The molecule has 0 unspecified atom stereocenters. The number of aromatic nitrogens is 3. The summed E-state index contributed by atoms with van der Waals surface area (Å²) in [4.78, 5) is 14.8. The number of anilines is 3. The van der Waals surface area contributed by atoms with Gasteiger partial charge in [-0.25, -0.2) is 0 Å². The van der Waals surface area contributed by atoms with Crippen LogP contribution in [0.5, 0.6) is 0 Å². The molecular formula is C14H26N6O. The summed E-state index contributed by atoms with van der Waals surface area (Å²) in [5.41, 5.74) is 0. The minimum absolute atomic E-state index is 0.434. The number of nitrogens with zero attached hydrogens (tertiary/aromatic N) is 4. The average molecular weight is 294 g/mol. The molecule has 2 rings (SSSR count). The maximum absolute atomic E-state index is 5.88. The third-order valence-electron chi connectivity index (χ3n) is 3.54. The van der Waals surface area contributed by atoms with Gasteiger partial charge in [0.1, 0.15) is 0 Å². The standard InChI is InChI=1S/C14H26N6O/c1-15-12-17-13(19-14(18-12)20(2)3)16-9-10-21-11-7-5-4-6-8-11/h11H,4-10H2,1-3H3,(H2,15,16,17,18,19). The summed E-state index contributed by atoms with van der Waals surface area (Å²) in [6.45, 7) is 1.39. The Hall–Kier alpha value is -1.63. The van der Waals surface area contributed by atoms with Crippen molar-refractivity contribution in [1.29, 1.82) is 0 Å². The molecule has 1 saturated carbocycles. The van der Waals surface area contributed by atoms with Crippen molar-refractivity contribution in [2.75, 3.05) is 49.8 Å². The fourth-order valence-corrected chi connectivity index (χ4v) is 2.38. The second-order valence-electron chi connectivity index (χ2n) is 5.48. The first-order valence-corrected chi connectivity index (χ1v) is 7.65. The zero-order valence-electron chi connectivity index (χ0n) is 13.2. The highest BCUT2D eigenvalue weighted by Gasteiger charge is 2.13. The van der Waals surface area contributed by atoms with E-state index in [0.29, 0.717) is 37.1 Å². The van der Waals surface area contributed by atoms with Crippen LogP contribution in [0.25, 0.3) is 0 Å². The SMILES string of the molecule is CNc1nc(NCCOC2CCCCC2)nc(N(C)C)n1. The van der Waals surface area contributed by atoms with Crippen LogP contribution in [0.1, 0.15) is 32.1 Å². The van der Waals surface area contributed by atoms with Crippen LogP contribution in [-0.2, 0) is 4.74 Å². The first kappa shape index (κ1) is 15.8. The van der Waals surface area contributed by atoms with Crippen molar-refractivity contribution < 1.29 is 4.74 Å². The molecular weight excluding hydrogens is 268 g/mol. The largest absolute Gasteiger partial charge is 0.376 e. The Morgan fingerprint density at radius 3 is 2.48 bits per heavy atom. The lowest BCUT2D eigenvalue weighted by atomic mass is 9.98. The molecule has 21 heavy (non-hydrogen) atoms. The van der Waals surface area contributed by atoms with Gasteiger partial charge in [0.05, 0.1) is 12.7 Å². The molecule has 0 atom stereocenters. The second kappa shape index (κ2) is 7.97. The summed E-state index contributed by atoms with van der Waals surface area (Å²) in [7, 11) is 5.61. The molecule has 2 N–H and O–H groups in total. The van der Waals surface area contributed by atoms with Crippen molar-refractivity contribution in [3.63, 3.8) is 0 Å². The van der Waals surface area contributed by atoms with Gasteiger partial charge in [-0.3, -0.25) is 0 Å². The predicted molar refractivity (Wildman–Crippen MR) is 85.0 cm³/mol. The second-order valence-corrected chi connectivity index (χ2v) is 5.48. The van der Waals surface area contributed by atoms with Crippen LogP contribution in [0.15, 0.2) is 0 Å². The van der Waals surface area contributed by atoms with E-state index in [-0.39, 0.29) is 0 Å². The van der Waals surface area contributed by atoms with Crippen LogP contribution < -0.4 is 15.5 Å². The number of hydrogen-bond acceptors (Lipinski definition) is 7. The predicted octanol–water partition coefficient (Wildman–Crippen LogP) is 1.74. The molecule has 0 saturated heterocycles. The van der Waals surface area contributed by atoms with Crippen LogP contribution >= 0.6 is 0 Å². The van der Waals surface area contributed by atoms with Gasteiger partial charge in [0, 0.05) is 27.7 Å². The average Bonchev–Trinajstić information content (AvgIpc) is 2.52. The Balaban J connectivity index is 1.80. The van der Waals surface area contributed by atoms with Crippen LogP contribution in [0.4, 0.5) is 17.8 Å². The van der Waals surface area contributed by atoms with Crippen LogP contribution in [0, 0.1) is 0 Å². The van der Waals surface area contributed by atoms with Crippen molar-refractivity contribution in [3.05, 3.63) is 0 Å². The van der Waals surface area contributed by atoms with E-state index in [2.05, 4.69) is 25.6 Å². The molecule has 1 heterocycles. The first-order valence-electron chi connectivity index (χ1n) is 7.65. The molecule has 1 aromatic heterocycles. The maximum atomic E-state index is 5.88. The molecule has 0 radical (unpaired) electrons. The van der Waals surface area contributed by atoms with Gasteiger partial charge < -0.3 is 20.3 Å². The van der Waals surface area contributed by atoms with Gasteiger partial charge in [-0.1, -0.05) is 19.3 Å². The molecule has 0 aromatic carbocycles. The van der Waals surface area contributed by atoms with Gasteiger partial charge in [-0.15, -0.1) is 0 Å². The van der Waals surface area contributed by atoms with E-state index in [1.54, 1.807) is 7.05 Å². The number of ether oxygens (including phenoxy) is 1. The Labute approximate surface area is 126 Å². The summed E-state index contributed by atoms with van der Waals surface area (Å²) in [6, 6.07) is 0. The molecule has 1 aliphatic carbocycles. The molecule has 1 aliphatic rings. The quantitative estimate of drug-likeness (QED) is 0.742. The van der Waals surface area contributed by atoms with Gasteiger partial charge in [0.2, 0.25) is 17.8 Å². The fourth-order valence-electron chi connectivity index (χ4n) is 2.38. The molecule has 0 amide bonds. The molecule has 0 spiro atoms. The Morgan fingerprint density at radius 1 is 1.10 bits per heavy atom. The molecule has 0 aliphatic heterocycles. The van der Waals surface area contributed by atoms with E-state index in [9.17, 15) is 0 Å². The summed E-state index contributed by atoms with van der Waals surface area (Å²) in [5.74, 6) is 1.76. The van der Waals surface area contributed by atoms with E-state index in [1.807, 2.05) is 19.0 Å². The molecule has 1 aromatic rings. The van der Waals surface area contributed by atoms with E-state index in [0.717, 1.165) is 0 Å². The third-order valence-corrected chi connectivity index (χ3v) is 3.54. The number of nitrogens with one attached hydrogen (secondary N) is 2. The van der Waals surface area contributed by atoms with Gasteiger partial charge in [-0.05, 0) is 12.8 Å². The highest BCUT2D eigenvalue weighted by Crippen LogP contribution is 2.20. The highest BCUT2D eigenvalue weighted by molar-refractivity contribution is 5.42. The fraction of sp³-hybridized carbons (Fsp3) is 0.786. The van der Waals surface area contributed by atoms with Crippen molar-refractivity contribution in [3.8, 4) is 0 Å². The lowest BCUT2D eigenvalue weighted by Crippen LogP contribution is -2.22. The maximum Gasteiger partial charge on any atom is 0.231 e. The topological polar surface area (TPSA) is 75.2 Å². The molecule has 1 fully saturated rings. The Kier molecular flexibility index (Phi) is 5.98. The summed E-state index contributed by atoms with van der Waals surface area (Å²) in [6.07, 6.45) is 6.76. The number of rotatable bonds is 7. The van der Waals surface area contributed by atoms with Crippen LogP contribution in [0.3, 0.4) is 0 Å². The van der Waals surface area contributed by atoms with Crippen LogP contribution in [0.2, 0.25) is 0 Å². The Bertz CT molecular complexity index is 433. The molecule has 118 valence electrons. The van der Waals surface area contributed by atoms with Gasteiger partial charge in [-0.2, -0.15) is 15.0 Å². The zero-order valence-corrected chi connectivity index (χ0v) is 13.2. The van der Waals surface area contributed by atoms with Crippen molar-refractivity contribution >= 4 is 17.8 Å². The van der Waals surface area contributed by atoms with Crippen LogP contribution in [-0.4, -0.2) is 55.4 Å². The molecule has 7 nitrogen and oxygen atoms in total. The van der Waals surface area contributed by atoms with E-state index < -0.39 is 0 Å². The van der Waals surface area contributed by atoms with Crippen molar-refractivity contribution in [1.82, 2.24) is 15.0 Å². The molecule has 7 heteroatoms. The summed E-state index contributed by atoms with van der Waals surface area (Å²) in [5, 5.41) is 6.14. The lowest BCUT2D eigenvalue weighted by Gasteiger charge is -2.22. The Morgan fingerprint density at radius 2 is 1.81 bits per heavy atom. The van der Waals surface area contributed by atoms with Crippen molar-refractivity contribution in [2.45, 2.75) is 38.2 Å². The third kappa shape index (κ3) is 5.00. The highest BCUT2D eigenvalue weighted by atomic mass is 16.5. The smallest absolute Gasteiger partial charge is 0.231 e. The van der Waals surface area contributed by atoms with Gasteiger partial charge in [0.15, 0.2) is 0 Å². The van der Waals surface area contributed by atoms with Gasteiger partial charge in [0.25, 0.3) is 0 Å². The van der Waals surface area contributed by atoms with E-state index in [1.165, 1.54) is 32.1 Å². The minimum atomic E-state index is 0.434. The monoisotopic (exact) mass is 294 g/mol. The van der Waals surface area contributed by atoms with E-state index in [4.69, 9.17) is 4.74 Å². The minimum Gasteiger partial charge on any atom is -0.376 e. The number of hydrogen-bond donors (Lipinski definition) is 2. The normalized spacial score (nSPS) is 15.8. The first-order chi connectivity index (χ1) is 10.2. The summed E-state index contributed by atoms with van der Waals surface area (Å²) < 4.78 is 5.88. The van der Waals surface area contributed by atoms with Crippen molar-refractivity contribution in [2.24, 2.45) is 0 Å². The van der Waals surface area contributed by atoms with Gasteiger partial charge >= 0.3 is 0 Å². The summed E-state index contributed by atoms with van der Waals surface area (Å²) >= 11 is 0. The zero-order chi connectivity index (χ0) is 15.1. The molecule has 0 bridgehead atoms. The van der Waals surface area contributed by atoms with E-state index >= 15 is 0 Å².